The molecule has 3 nitrogen and oxygen atoms in total. The molecule has 0 radical (unpaired) electrons. The normalized spacial score (nSPS) is 10.1. The summed E-state index contributed by atoms with van der Waals surface area (Å²) in [5, 5.41) is 17.6. The van der Waals surface area contributed by atoms with Gasteiger partial charge in [-0.15, -0.1) is 0 Å². The Morgan fingerprint density at radius 1 is 1.50 bits per heavy atom. The fourth-order valence-electron chi connectivity index (χ4n) is 1.04. The van der Waals surface area contributed by atoms with Crippen molar-refractivity contribution in [1.29, 1.82) is 0 Å². The van der Waals surface area contributed by atoms with Crippen LogP contribution in [0.15, 0.2) is 12.1 Å². The Bertz CT molecular complexity index is 333. The quantitative estimate of drug-likeness (QED) is 0.729. The molecule has 0 aliphatic heterocycles. The van der Waals surface area contributed by atoms with Crippen molar-refractivity contribution in [1.82, 2.24) is 0 Å². The largest absolute Gasteiger partial charge is 0.493 e. The van der Waals surface area contributed by atoms with Gasteiger partial charge in [0.05, 0.1) is 6.61 Å². The van der Waals surface area contributed by atoms with Crippen LogP contribution in [-0.2, 0) is 0 Å². The predicted octanol–water partition coefficient (Wildman–Crippen LogP) is 0.558. The van der Waals surface area contributed by atoms with Gasteiger partial charge in [-0.25, -0.2) is 4.39 Å². The summed E-state index contributed by atoms with van der Waals surface area (Å²) in [6.45, 7) is 1.96. The van der Waals surface area contributed by atoms with Gasteiger partial charge in [0.2, 0.25) is 0 Å². The van der Waals surface area contributed by atoms with Crippen molar-refractivity contribution in [2.45, 2.75) is 6.92 Å². The molecule has 1 aromatic carbocycles. The summed E-state index contributed by atoms with van der Waals surface area (Å²) < 4.78 is 18.0. The molecule has 0 fully saturated rings. The van der Waals surface area contributed by atoms with Crippen LogP contribution in [-0.4, -0.2) is 23.8 Å². The van der Waals surface area contributed by atoms with Crippen LogP contribution < -0.4 is 10.2 Å². The van der Waals surface area contributed by atoms with E-state index >= 15 is 0 Å². The lowest BCUT2D eigenvalue weighted by molar-refractivity contribution is 0.338. The first-order valence-electron chi connectivity index (χ1n) is 4.04. The molecule has 6 heteroatoms. The minimum Gasteiger partial charge on any atom is -0.493 e. The third-order valence-electron chi connectivity index (χ3n) is 1.65. The average molecular weight is 218 g/mol. The smallest absolute Gasteiger partial charge is 0.492 e. The third kappa shape index (κ3) is 2.18. The van der Waals surface area contributed by atoms with E-state index in [9.17, 15) is 4.39 Å². The molecule has 0 bridgehead atoms. The van der Waals surface area contributed by atoms with E-state index in [0.717, 1.165) is 6.07 Å². The van der Waals surface area contributed by atoms with Crippen LogP contribution in [0.2, 0.25) is 5.02 Å². The van der Waals surface area contributed by atoms with Gasteiger partial charge in [-0.05, 0) is 13.0 Å². The van der Waals surface area contributed by atoms with E-state index in [0.29, 0.717) is 0 Å². The van der Waals surface area contributed by atoms with Crippen LogP contribution in [0.5, 0.6) is 5.75 Å². The first-order chi connectivity index (χ1) is 6.57. The summed E-state index contributed by atoms with van der Waals surface area (Å²) in [5.41, 5.74) is 0.0539. The van der Waals surface area contributed by atoms with Gasteiger partial charge in [0.25, 0.3) is 0 Å². The van der Waals surface area contributed by atoms with Crippen molar-refractivity contribution in [3.8, 4) is 5.75 Å². The fraction of sp³-hybridized carbons (Fsp3) is 0.250. The second kappa shape index (κ2) is 4.64. The van der Waals surface area contributed by atoms with Crippen molar-refractivity contribution in [3.63, 3.8) is 0 Å². The number of halogens is 2. The zero-order valence-corrected chi connectivity index (χ0v) is 8.25. The molecule has 0 aliphatic carbocycles. The van der Waals surface area contributed by atoms with Gasteiger partial charge in [0.15, 0.2) is 0 Å². The molecule has 0 saturated heterocycles. The van der Waals surface area contributed by atoms with Gasteiger partial charge < -0.3 is 14.8 Å². The van der Waals surface area contributed by atoms with Gasteiger partial charge in [0.1, 0.15) is 16.6 Å². The zero-order chi connectivity index (χ0) is 10.7. The Hall–Kier alpha value is -0.775. The minimum absolute atomic E-state index is 0.0239. The standard InChI is InChI=1S/C8H9BClFO3/c1-2-14-8-5(9(12)13)3-4-6(11)7(8)10/h3-4,12-13H,2H2,1H3. The minimum atomic E-state index is -1.73. The van der Waals surface area contributed by atoms with Gasteiger partial charge in [-0.2, -0.15) is 0 Å². The maximum absolute atomic E-state index is 13.0. The van der Waals surface area contributed by atoms with E-state index in [1.54, 1.807) is 6.92 Å². The zero-order valence-electron chi connectivity index (χ0n) is 7.50. The van der Waals surface area contributed by atoms with Crippen LogP contribution in [0.25, 0.3) is 0 Å². The Labute approximate surface area is 86.2 Å². The van der Waals surface area contributed by atoms with Crippen LogP contribution >= 0.6 is 11.6 Å². The molecule has 1 aromatic rings. The third-order valence-corrected chi connectivity index (χ3v) is 2.00. The number of hydrogen-bond donors (Lipinski definition) is 2. The highest BCUT2D eigenvalue weighted by atomic mass is 35.5. The lowest BCUT2D eigenvalue weighted by Crippen LogP contribution is -2.31. The highest BCUT2D eigenvalue weighted by Crippen LogP contribution is 2.25. The number of hydrogen-bond acceptors (Lipinski definition) is 3. The molecule has 0 atom stereocenters. The Morgan fingerprint density at radius 2 is 2.14 bits per heavy atom. The monoisotopic (exact) mass is 218 g/mol. The topological polar surface area (TPSA) is 49.7 Å². The highest BCUT2D eigenvalue weighted by Gasteiger charge is 2.21. The molecule has 0 unspecified atom stereocenters. The molecule has 0 amide bonds. The first kappa shape index (κ1) is 11.3. The highest BCUT2D eigenvalue weighted by molar-refractivity contribution is 6.60. The van der Waals surface area contributed by atoms with Crippen LogP contribution in [0.4, 0.5) is 4.39 Å². The summed E-state index contributed by atoms with van der Waals surface area (Å²) in [5.74, 6) is -0.677. The van der Waals surface area contributed by atoms with E-state index < -0.39 is 12.9 Å². The molecular weight excluding hydrogens is 209 g/mol. The van der Waals surface area contributed by atoms with Gasteiger partial charge in [0, 0.05) is 5.46 Å². The second-order valence-corrected chi connectivity index (χ2v) is 2.96. The Morgan fingerprint density at radius 3 is 2.64 bits per heavy atom. The summed E-state index contributed by atoms with van der Waals surface area (Å²) in [7, 11) is -1.73. The molecule has 2 N–H and O–H groups in total. The molecule has 1 rings (SSSR count). The molecule has 14 heavy (non-hydrogen) atoms. The van der Waals surface area contributed by atoms with E-state index in [1.807, 2.05) is 0 Å². The molecular formula is C8H9BClFO3. The summed E-state index contributed by atoms with van der Waals surface area (Å²) >= 11 is 5.60. The molecule has 0 heterocycles. The number of ether oxygens (including phenoxy) is 1. The van der Waals surface area contributed by atoms with Crippen LogP contribution in [0.1, 0.15) is 6.92 Å². The molecule has 0 spiro atoms. The van der Waals surface area contributed by atoms with Crippen molar-refractivity contribution in [2.24, 2.45) is 0 Å². The number of rotatable bonds is 3. The van der Waals surface area contributed by atoms with E-state index in [4.69, 9.17) is 26.4 Å². The van der Waals surface area contributed by atoms with Gasteiger partial charge >= 0.3 is 7.12 Å². The van der Waals surface area contributed by atoms with Crippen molar-refractivity contribution < 1.29 is 19.2 Å². The Balaban J connectivity index is 3.22. The second-order valence-electron chi connectivity index (χ2n) is 2.59. The maximum Gasteiger partial charge on any atom is 0.492 e. The fourth-order valence-corrected chi connectivity index (χ4v) is 1.27. The summed E-state index contributed by atoms with van der Waals surface area (Å²) in [4.78, 5) is 0. The van der Waals surface area contributed by atoms with Crippen molar-refractivity contribution in [2.75, 3.05) is 6.61 Å². The van der Waals surface area contributed by atoms with Crippen molar-refractivity contribution >= 4 is 24.2 Å². The Kier molecular flexibility index (Phi) is 3.74. The van der Waals surface area contributed by atoms with E-state index in [2.05, 4.69) is 0 Å². The predicted molar refractivity (Wildman–Crippen MR) is 52.4 cm³/mol. The summed E-state index contributed by atoms with van der Waals surface area (Å²) in [6.07, 6.45) is 0. The molecule has 76 valence electrons. The van der Waals surface area contributed by atoms with E-state index in [1.165, 1.54) is 6.07 Å². The molecule has 0 aliphatic rings. The first-order valence-corrected chi connectivity index (χ1v) is 4.42. The molecule has 0 saturated carbocycles. The van der Waals surface area contributed by atoms with Crippen LogP contribution in [0.3, 0.4) is 0 Å². The van der Waals surface area contributed by atoms with Crippen LogP contribution in [0, 0.1) is 5.82 Å². The SMILES string of the molecule is CCOc1c(B(O)O)ccc(F)c1Cl. The van der Waals surface area contributed by atoms with E-state index in [-0.39, 0.29) is 22.8 Å². The lowest BCUT2D eigenvalue weighted by atomic mass is 9.79. The van der Waals surface area contributed by atoms with Gasteiger partial charge in [-0.3, -0.25) is 0 Å². The summed E-state index contributed by atoms with van der Waals surface area (Å²) in [6, 6.07) is 2.27. The van der Waals surface area contributed by atoms with Crippen molar-refractivity contribution in [3.05, 3.63) is 23.0 Å². The lowest BCUT2D eigenvalue weighted by Gasteiger charge is -2.11. The van der Waals surface area contributed by atoms with Gasteiger partial charge in [-0.1, -0.05) is 17.7 Å². The number of benzene rings is 1. The average Bonchev–Trinajstić information content (AvgIpc) is 2.13. The maximum atomic E-state index is 13.0. The molecule has 0 aromatic heterocycles.